The lowest BCUT2D eigenvalue weighted by Gasteiger charge is -2.08. The predicted molar refractivity (Wildman–Crippen MR) is 70.0 cm³/mol. The Bertz CT molecular complexity index is 590. The topological polar surface area (TPSA) is 32.3 Å². The maximum atomic E-state index is 13.4. The standard InChI is InChI=1S/C14H12ClF2NO/c15-11-2-4-14(19)10(5-11)8-18-7-9-1-3-12(16)6-13(9)17/h1-6,18-19H,7-8H2. The van der Waals surface area contributed by atoms with Crippen molar-refractivity contribution in [3.8, 4) is 5.75 Å². The minimum atomic E-state index is -0.603. The van der Waals surface area contributed by atoms with Crippen molar-refractivity contribution < 1.29 is 13.9 Å². The van der Waals surface area contributed by atoms with Crippen LogP contribution in [0.3, 0.4) is 0 Å². The first-order valence-corrected chi connectivity index (χ1v) is 6.06. The van der Waals surface area contributed by atoms with E-state index < -0.39 is 11.6 Å². The van der Waals surface area contributed by atoms with Crippen molar-refractivity contribution in [3.63, 3.8) is 0 Å². The highest BCUT2D eigenvalue weighted by Gasteiger charge is 2.05. The van der Waals surface area contributed by atoms with Crippen molar-refractivity contribution in [1.82, 2.24) is 5.32 Å². The molecule has 0 radical (unpaired) electrons. The van der Waals surface area contributed by atoms with Gasteiger partial charge in [0.05, 0.1) is 0 Å². The first kappa shape index (κ1) is 13.8. The summed E-state index contributed by atoms with van der Waals surface area (Å²) in [6.07, 6.45) is 0. The number of hydrogen-bond acceptors (Lipinski definition) is 2. The van der Waals surface area contributed by atoms with Crippen LogP contribution in [0.25, 0.3) is 0 Å². The summed E-state index contributed by atoms with van der Waals surface area (Å²) in [7, 11) is 0. The number of aromatic hydroxyl groups is 1. The van der Waals surface area contributed by atoms with Crippen LogP contribution in [0.1, 0.15) is 11.1 Å². The van der Waals surface area contributed by atoms with Crippen LogP contribution in [0.4, 0.5) is 8.78 Å². The Hall–Kier alpha value is -1.65. The Balaban J connectivity index is 1.98. The molecule has 0 unspecified atom stereocenters. The van der Waals surface area contributed by atoms with Gasteiger partial charge in [0, 0.05) is 35.3 Å². The van der Waals surface area contributed by atoms with Crippen LogP contribution in [0.5, 0.6) is 5.75 Å². The van der Waals surface area contributed by atoms with Crippen LogP contribution in [-0.4, -0.2) is 5.11 Å². The molecule has 0 aliphatic carbocycles. The van der Waals surface area contributed by atoms with Gasteiger partial charge in [0.25, 0.3) is 0 Å². The molecule has 2 aromatic carbocycles. The molecular weight excluding hydrogens is 272 g/mol. The number of hydrogen-bond donors (Lipinski definition) is 2. The van der Waals surface area contributed by atoms with Gasteiger partial charge in [0.15, 0.2) is 0 Å². The van der Waals surface area contributed by atoms with E-state index in [0.717, 1.165) is 6.07 Å². The van der Waals surface area contributed by atoms with Crippen molar-refractivity contribution >= 4 is 11.6 Å². The van der Waals surface area contributed by atoms with E-state index in [2.05, 4.69) is 5.32 Å². The zero-order chi connectivity index (χ0) is 13.8. The summed E-state index contributed by atoms with van der Waals surface area (Å²) in [6.45, 7) is 0.571. The largest absolute Gasteiger partial charge is 0.508 e. The Morgan fingerprint density at radius 2 is 1.74 bits per heavy atom. The fourth-order valence-corrected chi connectivity index (χ4v) is 1.89. The van der Waals surface area contributed by atoms with Crippen LogP contribution in [0.2, 0.25) is 5.02 Å². The molecule has 0 atom stereocenters. The number of halogens is 3. The zero-order valence-electron chi connectivity index (χ0n) is 9.96. The minimum absolute atomic E-state index is 0.122. The van der Waals surface area contributed by atoms with E-state index in [-0.39, 0.29) is 12.3 Å². The molecule has 100 valence electrons. The van der Waals surface area contributed by atoms with Crippen molar-refractivity contribution in [1.29, 1.82) is 0 Å². The highest BCUT2D eigenvalue weighted by molar-refractivity contribution is 6.30. The van der Waals surface area contributed by atoms with Gasteiger partial charge in [0.2, 0.25) is 0 Å². The predicted octanol–water partition coefficient (Wildman–Crippen LogP) is 3.61. The van der Waals surface area contributed by atoms with E-state index in [1.807, 2.05) is 0 Å². The lowest BCUT2D eigenvalue weighted by Crippen LogP contribution is -2.14. The van der Waals surface area contributed by atoms with Gasteiger partial charge in [-0.3, -0.25) is 0 Å². The van der Waals surface area contributed by atoms with Crippen molar-refractivity contribution in [2.24, 2.45) is 0 Å². The van der Waals surface area contributed by atoms with Crippen molar-refractivity contribution in [3.05, 3.63) is 64.2 Å². The zero-order valence-corrected chi connectivity index (χ0v) is 10.7. The Labute approximate surface area is 114 Å². The highest BCUT2D eigenvalue weighted by Crippen LogP contribution is 2.21. The summed E-state index contributed by atoms with van der Waals surface area (Å²) in [4.78, 5) is 0. The summed E-state index contributed by atoms with van der Waals surface area (Å²) < 4.78 is 26.1. The summed E-state index contributed by atoms with van der Waals surface area (Å²) in [6, 6.07) is 8.14. The van der Waals surface area contributed by atoms with E-state index in [9.17, 15) is 13.9 Å². The molecule has 0 fully saturated rings. The number of phenols is 1. The Kier molecular flexibility index (Phi) is 4.35. The summed E-state index contributed by atoms with van der Waals surface area (Å²) >= 11 is 5.81. The van der Waals surface area contributed by atoms with Gasteiger partial charge in [-0.05, 0) is 24.3 Å². The SMILES string of the molecule is Oc1ccc(Cl)cc1CNCc1ccc(F)cc1F. The summed E-state index contributed by atoms with van der Waals surface area (Å²) in [5.74, 6) is -1.08. The third-order valence-electron chi connectivity index (χ3n) is 2.69. The smallest absolute Gasteiger partial charge is 0.130 e. The number of rotatable bonds is 4. The van der Waals surface area contributed by atoms with Crippen LogP contribution >= 0.6 is 11.6 Å². The molecule has 0 saturated carbocycles. The molecule has 0 bridgehead atoms. The molecule has 2 aromatic rings. The van der Waals surface area contributed by atoms with E-state index >= 15 is 0 Å². The second-order valence-corrected chi connectivity index (χ2v) is 4.55. The molecule has 2 rings (SSSR count). The molecule has 2 nitrogen and oxygen atoms in total. The van der Waals surface area contributed by atoms with E-state index in [1.54, 1.807) is 12.1 Å². The molecule has 0 saturated heterocycles. The third kappa shape index (κ3) is 3.66. The molecule has 5 heteroatoms. The van der Waals surface area contributed by atoms with Crippen LogP contribution in [-0.2, 0) is 13.1 Å². The summed E-state index contributed by atoms with van der Waals surface area (Å²) in [5, 5.41) is 13.1. The quantitative estimate of drug-likeness (QED) is 0.898. The van der Waals surface area contributed by atoms with Gasteiger partial charge in [-0.1, -0.05) is 17.7 Å². The number of benzene rings is 2. The van der Waals surface area contributed by atoms with Gasteiger partial charge < -0.3 is 10.4 Å². The first-order valence-electron chi connectivity index (χ1n) is 5.68. The van der Waals surface area contributed by atoms with Gasteiger partial charge in [-0.25, -0.2) is 8.78 Å². The maximum Gasteiger partial charge on any atom is 0.130 e. The molecule has 0 aliphatic rings. The Morgan fingerprint density at radius 1 is 1.00 bits per heavy atom. The number of nitrogens with one attached hydrogen (secondary N) is 1. The van der Waals surface area contributed by atoms with Gasteiger partial charge in [-0.2, -0.15) is 0 Å². The number of phenolic OH excluding ortho intramolecular Hbond substituents is 1. The van der Waals surface area contributed by atoms with E-state index in [0.29, 0.717) is 22.7 Å². The van der Waals surface area contributed by atoms with Crippen LogP contribution in [0.15, 0.2) is 36.4 Å². The second-order valence-electron chi connectivity index (χ2n) is 4.11. The van der Waals surface area contributed by atoms with E-state index in [4.69, 9.17) is 11.6 Å². The minimum Gasteiger partial charge on any atom is -0.508 e. The normalized spacial score (nSPS) is 10.7. The molecular formula is C14H12ClF2NO. The molecule has 2 N–H and O–H groups in total. The molecule has 0 aliphatic heterocycles. The molecule has 0 amide bonds. The van der Waals surface area contributed by atoms with Gasteiger partial charge in [-0.15, -0.1) is 0 Å². The second kappa shape index (κ2) is 5.99. The summed E-state index contributed by atoms with van der Waals surface area (Å²) in [5.41, 5.74) is 0.984. The van der Waals surface area contributed by atoms with E-state index in [1.165, 1.54) is 18.2 Å². The maximum absolute atomic E-state index is 13.4. The van der Waals surface area contributed by atoms with Gasteiger partial charge in [0.1, 0.15) is 17.4 Å². The lowest BCUT2D eigenvalue weighted by atomic mass is 10.1. The third-order valence-corrected chi connectivity index (χ3v) is 2.92. The molecule has 19 heavy (non-hydrogen) atoms. The molecule has 0 heterocycles. The fraction of sp³-hybridized carbons (Fsp3) is 0.143. The van der Waals surface area contributed by atoms with Crippen LogP contribution < -0.4 is 5.32 Å². The monoisotopic (exact) mass is 283 g/mol. The highest BCUT2D eigenvalue weighted by atomic mass is 35.5. The first-order chi connectivity index (χ1) is 9.06. The fourth-order valence-electron chi connectivity index (χ4n) is 1.69. The van der Waals surface area contributed by atoms with Gasteiger partial charge >= 0.3 is 0 Å². The average molecular weight is 284 g/mol. The average Bonchev–Trinajstić information content (AvgIpc) is 2.36. The molecule has 0 aromatic heterocycles. The van der Waals surface area contributed by atoms with Crippen molar-refractivity contribution in [2.75, 3.05) is 0 Å². The Morgan fingerprint density at radius 3 is 2.47 bits per heavy atom. The lowest BCUT2D eigenvalue weighted by molar-refractivity contribution is 0.464. The molecule has 0 spiro atoms. The van der Waals surface area contributed by atoms with Crippen molar-refractivity contribution in [2.45, 2.75) is 13.1 Å². The van der Waals surface area contributed by atoms with Crippen LogP contribution in [0, 0.1) is 11.6 Å².